The summed E-state index contributed by atoms with van der Waals surface area (Å²) < 4.78 is 5.35. The molecule has 5 aliphatic rings. The van der Waals surface area contributed by atoms with Crippen molar-refractivity contribution < 1.29 is 19.1 Å². The van der Waals surface area contributed by atoms with Gasteiger partial charge in [0.1, 0.15) is 6.04 Å². The average Bonchev–Trinajstić information content (AvgIpc) is 3.33. The Morgan fingerprint density at radius 1 is 1.27 bits per heavy atom. The summed E-state index contributed by atoms with van der Waals surface area (Å²) in [5, 5.41) is 9.57. The van der Waals surface area contributed by atoms with Crippen LogP contribution in [0.2, 0.25) is 0 Å². The third-order valence-electron chi connectivity index (χ3n) is 7.18. The number of nitrogens with one attached hydrogen (secondary N) is 3. The van der Waals surface area contributed by atoms with Crippen molar-refractivity contribution in [3.8, 4) is 0 Å². The fourth-order valence-electron chi connectivity index (χ4n) is 5.90. The number of hydrogen-bond donors (Lipinski definition) is 3. The van der Waals surface area contributed by atoms with Crippen LogP contribution >= 0.6 is 0 Å². The minimum absolute atomic E-state index is 0.122. The van der Waals surface area contributed by atoms with Gasteiger partial charge in [-0.05, 0) is 41.9 Å². The number of methoxy groups -OCH3 is 1. The van der Waals surface area contributed by atoms with Gasteiger partial charge in [-0.25, -0.2) is 0 Å². The lowest BCUT2D eigenvalue weighted by molar-refractivity contribution is -0.136. The Hall–Kier alpha value is -2.29. The molecule has 6 rings (SSSR count). The number of benzene rings is 1. The number of fused-ring (bicyclic) bond motifs is 2. The average molecular weight is 412 g/mol. The quantitative estimate of drug-likeness (QED) is 0.558. The molecule has 1 saturated carbocycles. The first kappa shape index (κ1) is 19.7. The maximum atomic E-state index is 12.9. The molecule has 3 N–H and O–H groups in total. The Balaban J connectivity index is 1.23. The second-order valence-corrected chi connectivity index (χ2v) is 9.37. The molecule has 2 bridgehead atoms. The Bertz CT molecular complexity index is 908. The number of ether oxygens (including phenoxy) is 1. The van der Waals surface area contributed by atoms with E-state index in [2.05, 4.69) is 16.0 Å². The van der Waals surface area contributed by atoms with Crippen LogP contribution in [0.25, 0.3) is 0 Å². The molecule has 8 heteroatoms. The first-order valence-electron chi connectivity index (χ1n) is 10.6. The largest absolute Gasteiger partial charge is 0.383 e. The first-order chi connectivity index (χ1) is 14.4. The van der Waals surface area contributed by atoms with Crippen molar-refractivity contribution in [2.75, 3.05) is 26.8 Å². The van der Waals surface area contributed by atoms with Crippen molar-refractivity contribution in [3.63, 3.8) is 0 Å². The van der Waals surface area contributed by atoms with Crippen molar-refractivity contribution in [1.82, 2.24) is 20.9 Å². The summed E-state index contributed by atoms with van der Waals surface area (Å²) in [5.74, 6) is -0.760. The van der Waals surface area contributed by atoms with Gasteiger partial charge in [-0.3, -0.25) is 19.7 Å². The molecule has 160 valence electrons. The van der Waals surface area contributed by atoms with E-state index in [1.54, 1.807) is 12.0 Å². The highest BCUT2D eigenvalue weighted by Crippen LogP contribution is 2.53. The van der Waals surface area contributed by atoms with E-state index in [1.165, 1.54) is 0 Å². The molecular weight excluding hydrogens is 384 g/mol. The molecule has 8 nitrogen and oxygen atoms in total. The van der Waals surface area contributed by atoms with Gasteiger partial charge >= 0.3 is 0 Å². The van der Waals surface area contributed by atoms with Crippen molar-refractivity contribution in [3.05, 3.63) is 34.9 Å². The topological polar surface area (TPSA) is 99.8 Å². The molecule has 1 atom stereocenters. The maximum absolute atomic E-state index is 12.9. The minimum Gasteiger partial charge on any atom is -0.383 e. The van der Waals surface area contributed by atoms with Crippen molar-refractivity contribution >= 4 is 17.7 Å². The highest BCUT2D eigenvalue weighted by molar-refractivity contribution is 6.05. The summed E-state index contributed by atoms with van der Waals surface area (Å²) in [6, 6.07) is 5.21. The Kier molecular flexibility index (Phi) is 4.68. The molecule has 4 aliphatic heterocycles. The zero-order chi connectivity index (χ0) is 20.9. The lowest BCUT2D eigenvalue weighted by atomic mass is 9.62. The standard InChI is InChI=1S/C22H28N4O4/c1-30-13-22-9-21(10-22,12-24-22)11-23-7-14-3-2-4-15-16(14)8-26(20(15)29)17-5-6-18(27)25-19(17)28/h2-4,17,23-24H,5-13H2,1H3,(H,25,27,28). The monoisotopic (exact) mass is 412 g/mol. The number of carbonyl (C=O) groups is 3. The van der Waals surface area contributed by atoms with Gasteiger partial charge in [0.05, 0.1) is 6.61 Å². The van der Waals surface area contributed by atoms with E-state index in [0.717, 1.165) is 43.7 Å². The van der Waals surface area contributed by atoms with Gasteiger partial charge in [0.25, 0.3) is 5.91 Å². The number of nitrogens with zero attached hydrogens (tertiary/aromatic N) is 1. The number of imide groups is 1. The second kappa shape index (κ2) is 7.14. The first-order valence-corrected chi connectivity index (χ1v) is 10.6. The highest BCUT2D eigenvalue weighted by Gasteiger charge is 2.60. The third-order valence-corrected chi connectivity index (χ3v) is 7.18. The van der Waals surface area contributed by atoms with Gasteiger partial charge in [0.15, 0.2) is 0 Å². The predicted molar refractivity (Wildman–Crippen MR) is 108 cm³/mol. The summed E-state index contributed by atoms with van der Waals surface area (Å²) in [6.07, 6.45) is 2.92. The third kappa shape index (κ3) is 3.14. The SMILES string of the molecule is COCC12CC(CNCc3cccc4c3CN(C3CCC(=O)NC3=O)C4=O)(CN1)C2. The highest BCUT2D eigenvalue weighted by atomic mass is 16.5. The fraction of sp³-hybridized carbons (Fsp3) is 0.591. The van der Waals surface area contributed by atoms with E-state index < -0.39 is 6.04 Å². The molecule has 0 radical (unpaired) electrons. The van der Waals surface area contributed by atoms with E-state index in [0.29, 0.717) is 30.5 Å². The number of carbonyl (C=O) groups excluding carboxylic acids is 3. The summed E-state index contributed by atoms with van der Waals surface area (Å²) in [6.45, 7) is 3.82. The van der Waals surface area contributed by atoms with Gasteiger partial charge in [-0.1, -0.05) is 12.1 Å². The zero-order valence-corrected chi connectivity index (χ0v) is 17.3. The van der Waals surface area contributed by atoms with E-state index in [4.69, 9.17) is 4.74 Å². The summed E-state index contributed by atoms with van der Waals surface area (Å²) in [4.78, 5) is 38.2. The lowest BCUT2D eigenvalue weighted by Gasteiger charge is -2.46. The van der Waals surface area contributed by atoms with Crippen molar-refractivity contribution in [1.29, 1.82) is 0 Å². The molecule has 1 aliphatic carbocycles. The van der Waals surface area contributed by atoms with Crippen LogP contribution < -0.4 is 16.0 Å². The van der Waals surface area contributed by atoms with Crippen molar-refractivity contribution in [2.45, 2.75) is 50.4 Å². The zero-order valence-electron chi connectivity index (χ0n) is 17.3. The number of hydrogen-bond acceptors (Lipinski definition) is 6. The van der Waals surface area contributed by atoms with E-state index in [9.17, 15) is 14.4 Å². The van der Waals surface area contributed by atoms with E-state index >= 15 is 0 Å². The summed E-state index contributed by atoms with van der Waals surface area (Å²) >= 11 is 0. The summed E-state index contributed by atoms with van der Waals surface area (Å²) in [7, 11) is 1.75. The van der Waals surface area contributed by atoms with Gasteiger partial charge < -0.3 is 20.3 Å². The number of rotatable bonds is 7. The van der Waals surface area contributed by atoms with Gasteiger partial charge in [0, 0.05) is 50.8 Å². The van der Waals surface area contributed by atoms with Crippen LogP contribution in [0.1, 0.15) is 47.2 Å². The van der Waals surface area contributed by atoms with Gasteiger partial charge in [-0.2, -0.15) is 0 Å². The van der Waals surface area contributed by atoms with Crippen LogP contribution in [0.5, 0.6) is 0 Å². The number of piperidine rings is 1. The van der Waals surface area contributed by atoms with Crippen LogP contribution in [0.3, 0.4) is 0 Å². The van der Waals surface area contributed by atoms with Crippen LogP contribution in [0.4, 0.5) is 0 Å². The lowest BCUT2D eigenvalue weighted by Crippen LogP contribution is -2.53. The van der Waals surface area contributed by atoms with Gasteiger partial charge in [-0.15, -0.1) is 0 Å². The molecule has 4 heterocycles. The van der Waals surface area contributed by atoms with E-state index in [-0.39, 0.29) is 29.7 Å². The fourth-order valence-corrected chi connectivity index (χ4v) is 5.90. The molecule has 0 aromatic heterocycles. The maximum Gasteiger partial charge on any atom is 0.255 e. The Morgan fingerprint density at radius 3 is 2.87 bits per heavy atom. The van der Waals surface area contributed by atoms with E-state index in [1.807, 2.05) is 18.2 Å². The molecule has 1 unspecified atom stereocenters. The second-order valence-electron chi connectivity index (χ2n) is 9.37. The normalized spacial score (nSPS) is 32.2. The van der Waals surface area contributed by atoms with Crippen LogP contribution in [0, 0.1) is 5.41 Å². The molecule has 1 aromatic carbocycles. The molecule has 1 aromatic rings. The molecule has 3 amide bonds. The molecule has 30 heavy (non-hydrogen) atoms. The van der Waals surface area contributed by atoms with Crippen molar-refractivity contribution in [2.24, 2.45) is 5.41 Å². The molecule has 0 spiro atoms. The molecule has 3 saturated heterocycles. The minimum atomic E-state index is -0.573. The summed E-state index contributed by atoms with van der Waals surface area (Å²) in [5.41, 5.74) is 3.22. The van der Waals surface area contributed by atoms with Crippen LogP contribution in [0.15, 0.2) is 18.2 Å². The van der Waals surface area contributed by atoms with Crippen LogP contribution in [-0.4, -0.2) is 61.0 Å². The van der Waals surface area contributed by atoms with Crippen LogP contribution in [-0.2, 0) is 27.4 Å². The molecule has 4 fully saturated rings. The molecular formula is C22H28N4O4. The number of amides is 3. The Morgan fingerprint density at radius 2 is 2.10 bits per heavy atom. The Labute approximate surface area is 175 Å². The smallest absolute Gasteiger partial charge is 0.255 e. The van der Waals surface area contributed by atoms with Gasteiger partial charge in [0.2, 0.25) is 11.8 Å². The predicted octanol–water partition coefficient (Wildman–Crippen LogP) is 0.306.